The van der Waals surface area contributed by atoms with E-state index in [9.17, 15) is 0 Å². The lowest BCUT2D eigenvalue weighted by atomic mass is 9.94. The average Bonchev–Trinajstić information content (AvgIpc) is 2.50. The van der Waals surface area contributed by atoms with Crippen LogP contribution in [0, 0.1) is 0 Å². The Labute approximate surface area is 83.2 Å². The van der Waals surface area contributed by atoms with Gasteiger partial charge in [0.2, 0.25) is 0 Å². The van der Waals surface area contributed by atoms with Gasteiger partial charge in [0.05, 0.1) is 5.66 Å². The summed E-state index contributed by atoms with van der Waals surface area (Å²) in [6, 6.07) is 0.702. The molecular formula is C11H24N2. The summed E-state index contributed by atoms with van der Waals surface area (Å²) in [4.78, 5) is 2.67. The smallest absolute Gasteiger partial charge is 0.0715 e. The van der Waals surface area contributed by atoms with E-state index in [2.05, 4.69) is 24.1 Å². The zero-order chi connectivity index (χ0) is 9.31. The molecule has 0 radical (unpaired) electrons. The molecule has 0 aromatic rings. The summed E-state index contributed by atoms with van der Waals surface area (Å²) in [7, 11) is 0. The standard InChI is InChI=1S/C11H22N2.H2/c1-10(2)13-9-5-7-11(13)6-3-4-8-12-11;/h10,12H,3-9H2,1-2H3;1H. The van der Waals surface area contributed by atoms with Crippen LogP contribution in [0.25, 0.3) is 0 Å². The van der Waals surface area contributed by atoms with Gasteiger partial charge in [0.1, 0.15) is 0 Å². The van der Waals surface area contributed by atoms with Crippen molar-refractivity contribution in [2.75, 3.05) is 13.1 Å². The molecule has 1 N–H and O–H groups in total. The normalized spacial score (nSPS) is 36.2. The van der Waals surface area contributed by atoms with Gasteiger partial charge in [0.15, 0.2) is 0 Å². The second-order valence-electron chi connectivity index (χ2n) is 4.81. The highest BCUT2D eigenvalue weighted by Crippen LogP contribution is 2.35. The lowest BCUT2D eigenvalue weighted by molar-refractivity contribution is 0.0442. The van der Waals surface area contributed by atoms with Crippen LogP contribution in [-0.2, 0) is 0 Å². The average molecular weight is 184 g/mol. The van der Waals surface area contributed by atoms with Gasteiger partial charge in [-0.2, -0.15) is 0 Å². The lowest BCUT2D eigenvalue weighted by Crippen LogP contribution is -2.59. The third-order valence-electron chi connectivity index (χ3n) is 3.63. The Kier molecular flexibility index (Phi) is 2.61. The van der Waals surface area contributed by atoms with Crippen molar-refractivity contribution in [1.82, 2.24) is 10.2 Å². The monoisotopic (exact) mass is 184 g/mol. The van der Waals surface area contributed by atoms with Crippen molar-refractivity contribution in [3.8, 4) is 0 Å². The van der Waals surface area contributed by atoms with Crippen molar-refractivity contribution < 1.29 is 1.43 Å². The SMILES string of the molecule is CC(C)N1CCCC12CCCCN2.[HH]. The quantitative estimate of drug-likeness (QED) is 0.672. The highest BCUT2D eigenvalue weighted by molar-refractivity contribution is 4.96. The molecule has 2 heteroatoms. The Morgan fingerprint density at radius 2 is 2.00 bits per heavy atom. The number of nitrogens with zero attached hydrogens (tertiary/aromatic N) is 1. The Morgan fingerprint density at radius 1 is 1.23 bits per heavy atom. The summed E-state index contributed by atoms with van der Waals surface area (Å²) in [6.07, 6.45) is 6.89. The van der Waals surface area contributed by atoms with Crippen LogP contribution in [0.2, 0.25) is 0 Å². The van der Waals surface area contributed by atoms with E-state index in [-0.39, 0.29) is 1.43 Å². The third-order valence-corrected chi connectivity index (χ3v) is 3.63. The van der Waals surface area contributed by atoms with Crippen molar-refractivity contribution in [2.24, 2.45) is 0 Å². The molecule has 2 fully saturated rings. The van der Waals surface area contributed by atoms with Crippen LogP contribution in [0.5, 0.6) is 0 Å². The number of hydrogen-bond donors (Lipinski definition) is 1. The largest absolute Gasteiger partial charge is 0.299 e. The van der Waals surface area contributed by atoms with Gasteiger partial charge in [-0.3, -0.25) is 10.2 Å². The summed E-state index contributed by atoms with van der Waals surface area (Å²) in [5.41, 5.74) is 0.395. The Hall–Kier alpha value is -0.0800. The third kappa shape index (κ3) is 1.62. The van der Waals surface area contributed by atoms with E-state index in [0.29, 0.717) is 11.7 Å². The van der Waals surface area contributed by atoms with Gasteiger partial charge in [0.25, 0.3) is 0 Å². The highest BCUT2D eigenvalue weighted by Gasteiger charge is 2.42. The summed E-state index contributed by atoms with van der Waals surface area (Å²) in [6.45, 7) is 7.17. The molecule has 78 valence electrons. The molecule has 2 nitrogen and oxygen atoms in total. The van der Waals surface area contributed by atoms with Crippen LogP contribution in [0.15, 0.2) is 0 Å². The number of hydrogen-bond acceptors (Lipinski definition) is 2. The van der Waals surface area contributed by atoms with Gasteiger partial charge >= 0.3 is 0 Å². The van der Waals surface area contributed by atoms with E-state index < -0.39 is 0 Å². The summed E-state index contributed by atoms with van der Waals surface area (Å²) < 4.78 is 0. The topological polar surface area (TPSA) is 15.3 Å². The second kappa shape index (κ2) is 3.58. The summed E-state index contributed by atoms with van der Waals surface area (Å²) in [5, 5.41) is 3.75. The first-order valence-corrected chi connectivity index (χ1v) is 5.76. The molecule has 2 aliphatic rings. The lowest BCUT2D eigenvalue weighted by Gasteiger charge is -2.44. The van der Waals surface area contributed by atoms with E-state index >= 15 is 0 Å². The fraction of sp³-hybridized carbons (Fsp3) is 1.00. The minimum Gasteiger partial charge on any atom is -0.299 e. The fourth-order valence-electron chi connectivity index (χ4n) is 3.06. The summed E-state index contributed by atoms with van der Waals surface area (Å²) in [5.74, 6) is 0. The van der Waals surface area contributed by atoms with Gasteiger partial charge in [-0.05, 0) is 52.5 Å². The zero-order valence-electron chi connectivity index (χ0n) is 8.97. The minimum atomic E-state index is 0. The minimum absolute atomic E-state index is 0. The van der Waals surface area contributed by atoms with Gasteiger partial charge in [-0.15, -0.1) is 0 Å². The molecule has 1 unspecified atom stereocenters. The van der Waals surface area contributed by atoms with Crippen LogP contribution in [-0.4, -0.2) is 29.7 Å². The zero-order valence-corrected chi connectivity index (χ0v) is 8.97. The molecule has 0 aromatic heterocycles. The molecule has 2 rings (SSSR count). The Balaban J connectivity index is 0.000000980. The molecular weight excluding hydrogens is 160 g/mol. The van der Waals surface area contributed by atoms with Gasteiger partial charge in [-0.1, -0.05) is 0 Å². The predicted octanol–water partition coefficient (Wildman–Crippen LogP) is 2.21. The molecule has 1 atom stereocenters. The highest BCUT2D eigenvalue weighted by atomic mass is 15.4. The molecule has 0 aromatic carbocycles. The molecule has 0 bridgehead atoms. The Morgan fingerprint density at radius 3 is 2.62 bits per heavy atom. The molecule has 2 aliphatic heterocycles. The maximum Gasteiger partial charge on any atom is 0.0715 e. The maximum absolute atomic E-state index is 3.75. The van der Waals surface area contributed by atoms with Crippen LogP contribution < -0.4 is 5.32 Å². The first-order valence-electron chi connectivity index (χ1n) is 5.76. The Bertz CT molecular complexity index is 176. The van der Waals surface area contributed by atoms with Crippen LogP contribution >= 0.6 is 0 Å². The van der Waals surface area contributed by atoms with E-state index in [4.69, 9.17) is 0 Å². The van der Waals surface area contributed by atoms with Crippen molar-refractivity contribution in [3.63, 3.8) is 0 Å². The fourth-order valence-corrected chi connectivity index (χ4v) is 3.06. The van der Waals surface area contributed by atoms with Crippen molar-refractivity contribution in [2.45, 2.75) is 57.7 Å². The predicted molar refractivity (Wildman–Crippen MR) is 57.8 cm³/mol. The maximum atomic E-state index is 3.75. The molecule has 2 saturated heterocycles. The first kappa shape index (κ1) is 9.47. The van der Waals surface area contributed by atoms with E-state index in [0.717, 1.165) is 0 Å². The second-order valence-corrected chi connectivity index (χ2v) is 4.81. The van der Waals surface area contributed by atoms with Crippen LogP contribution in [0.4, 0.5) is 0 Å². The molecule has 2 heterocycles. The molecule has 0 saturated carbocycles. The van der Waals surface area contributed by atoms with Gasteiger partial charge in [0, 0.05) is 14.0 Å². The van der Waals surface area contributed by atoms with Crippen LogP contribution in [0.3, 0.4) is 0 Å². The van der Waals surface area contributed by atoms with Gasteiger partial charge in [-0.25, -0.2) is 0 Å². The van der Waals surface area contributed by atoms with E-state index in [1.165, 1.54) is 45.2 Å². The van der Waals surface area contributed by atoms with Crippen LogP contribution in [0.1, 0.15) is 47.4 Å². The molecule has 13 heavy (non-hydrogen) atoms. The molecule has 0 amide bonds. The molecule has 1 spiro atoms. The number of rotatable bonds is 1. The number of nitrogens with one attached hydrogen (secondary N) is 1. The first-order chi connectivity index (χ1) is 6.25. The van der Waals surface area contributed by atoms with E-state index in [1.54, 1.807) is 0 Å². The summed E-state index contributed by atoms with van der Waals surface area (Å²) >= 11 is 0. The number of piperidine rings is 1. The van der Waals surface area contributed by atoms with Crippen molar-refractivity contribution in [1.29, 1.82) is 0 Å². The van der Waals surface area contributed by atoms with E-state index in [1.807, 2.05) is 0 Å². The van der Waals surface area contributed by atoms with Crippen molar-refractivity contribution >= 4 is 0 Å². The van der Waals surface area contributed by atoms with Crippen molar-refractivity contribution in [3.05, 3.63) is 0 Å². The van der Waals surface area contributed by atoms with Gasteiger partial charge < -0.3 is 0 Å². The number of likely N-dealkylation sites (tertiary alicyclic amines) is 1. The molecule has 0 aliphatic carbocycles.